The molecule has 1 rings (SSSR count). The largest absolute Gasteiger partial charge is 0.326 e. The fraction of sp³-hybridized carbons (Fsp3) is 0.562. The van der Waals surface area contributed by atoms with E-state index in [2.05, 4.69) is 24.5 Å². The van der Waals surface area contributed by atoms with Gasteiger partial charge in [0, 0.05) is 18.2 Å². The molecule has 0 heterocycles. The smallest absolute Gasteiger partial charge is 0.227 e. The number of rotatable bonds is 8. The summed E-state index contributed by atoms with van der Waals surface area (Å²) in [5, 5.41) is 6.20. The number of para-hydroxylation sites is 1. The predicted molar refractivity (Wildman–Crippen MR) is 81.1 cm³/mol. The van der Waals surface area contributed by atoms with Crippen LogP contribution < -0.4 is 10.6 Å². The summed E-state index contributed by atoms with van der Waals surface area (Å²) in [7, 11) is 1.91. The van der Waals surface area contributed by atoms with Crippen molar-refractivity contribution < 1.29 is 4.79 Å². The van der Waals surface area contributed by atoms with Gasteiger partial charge in [-0.1, -0.05) is 44.9 Å². The van der Waals surface area contributed by atoms with Gasteiger partial charge in [-0.05, 0) is 31.5 Å². The van der Waals surface area contributed by atoms with E-state index < -0.39 is 0 Å². The minimum atomic E-state index is 0.127. The topological polar surface area (TPSA) is 41.1 Å². The van der Waals surface area contributed by atoms with Gasteiger partial charge in [-0.15, -0.1) is 0 Å². The number of hydrogen-bond acceptors (Lipinski definition) is 2. The van der Waals surface area contributed by atoms with Gasteiger partial charge >= 0.3 is 0 Å². The molecule has 2 N–H and O–H groups in total. The van der Waals surface area contributed by atoms with Gasteiger partial charge < -0.3 is 10.6 Å². The lowest BCUT2D eigenvalue weighted by Crippen LogP contribution is -2.23. The Bertz CT molecular complexity index is 390. The summed E-state index contributed by atoms with van der Waals surface area (Å²) in [6.45, 7) is 5.01. The molecule has 3 heteroatoms. The predicted octanol–water partition coefficient (Wildman–Crippen LogP) is 3.56. The summed E-state index contributed by atoms with van der Waals surface area (Å²) in [6, 6.07) is 7.97. The second kappa shape index (κ2) is 8.70. The Kier molecular flexibility index (Phi) is 7.19. The van der Waals surface area contributed by atoms with Crippen LogP contribution in [0.5, 0.6) is 0 Å². The van der Waals surface area contributed by atoms with E-state index in [9.17, 15) is 4.79 Å². The number of nitrogens with one attached hydrogen (secondary N) is 2. The monoisotopic (exact) mass is 262 g/mol. The van der Waals surface area contributed by atoms with Crippen LogP contribution in [-0.2, 0) is 11.3 Å². The minimum absolute atomic E-state index is 0.127. The first-order valence-electron chi connectivity index (χ1n) is 7.26. The fourth-order valence-electron chi connectivity index (χ4n) is 2.19. The summed E-state index contributed by atoms with van der Waals surface area (Å²) < 4.78 is 0. The molecule has 1 amide bonds. The van der Waals surface area contributed by atoms with Crippen molar-refractivity contribution in [3.8, 4) is 0 Å². The summed E-state index contributed by atoms with van der Waals surface area (Å²) in [4.78, 5) is 12.3. The maximum absolute atomic E-state index is 12.3. The van der Waals surface area contributed by atoms with Gasteiger partial charge in [0.1, 0.15) is 0 Å². The molecule has 1 atom stereocenters. The van der Waals surface area contributed by atoms with Gasteiger partial charge in [0.2, 0.25) is 5.91 Å². The molecule has 0 fully saturated rings. The highest BCUT2D eigenvalue weighted by atomic mass is 16.1. The van der Waals surface area contributed by atoms with Crippen molar-refractivity contribution in [1.29, 1.82) is 0 Å². The highest BCUT2D eigenvalue weighted by Crippen LogP contribution is 2.19. The molecule has 3 nitrogen and oxygen atoms in total. The molecular weight excluding hydrogens is 236 g/mol. The second-order valence-electron chi connectivity index (χ2n) is 4.92. The Morgan fingerprint density at radius 1 is 1.26 bits per heavy atom. The summed E-state index contributed by atoms with van der Waals surface area (Å²) in [5.74, 6) is 0.280. The van der Waals surface area contributed by atoms with E-state index in [1.165, 1.54) is 0 Å². The quantitative estimate of drug-likeness (QED) is 0.752. The minimum Gasteiger partial charge on any atom is -0.326 e. The lowest BCUT2D eigenvalue weighted by molar-refractivity contribution is -0.120. The first kappa shape index (κ1) is 15.7. The maximum Gasteiger partial charge on any atom is 0.227 e. The van der Waals surface area contributed by atoms with Crippen LogP contribution in [0, 0.1) is 5.92 Å². The lowest BCUT2D eigenvalue weighted by Gasteiger charge is -2.16. The molecule has 0 radical (unpaired) electrons. The molecular formula is C16H26N2O. The van der Waals surface area contributed by atoms with Crippen molar-refractivity contribution in [2.75, 3.05) is 12.4 Å². The van der Waals surface area contributed by atoms with Crippen LogP contribution in [0.2, 0.25) is 0 Å². The van der Waals surface area contributed by atoms with E-state index >= 15 is 0 Å². The zero-order valence-corrected chi connectivity index (χ0v) is 12.3. The van der Waals surface area contributed by atoms with Gasteiger partial charge in [0.25, 0.3) is 0 Å². The number of anilines is 1. The Balaban J connectivity index is 2.69. The standard InChI is InChI=1S/C16H26N2O/c1-4-6-9-13(5-2)16(19)18-15-11-8-7-10-14(15)12-17-3/h7-8,10-11,13,17H,4-6,9,12H2,1-3H3,(H,18,19). The SMILES string of the molecule is CCCCC(CC)C(=O)Nc1ccccc1CNC. The molecule has 0 bridgehead atoms. The van der Waals surface area contributed by atoms with Crippen molar-refractivity contribution in [1.82, 2.24) is 5.32 Å². The Morgan fingerprint density at radius 3 is 2.63 bits per heavy atom. The number of amides is 1. The molecule has 0 aliphatic rings. The molecule has 0 spiro atoms. The number of carbonyl (C=O) groups is 1. The molecule has 0 aliphatic carbocycles. The van der Waals surface area contributed by atoms with Crippen molar-refractivity contribution in [2.24, 2.45) is 5.92 Å². The van der Waals surface area contributed by atoms with Crippen LogP contribution in [0.15, 0.2) is 24.3 Å². The Hall–Kier alpha value is -1.35. The number of unbranched alkanes of at least 4 members (excludes halogenated alkanes) is 1. The fourth-order valence-corrected chi connectivity index (χ4v) is 2.19. The zero-order valence-electron chi connectivity index (χ0n) is 12.3. The molecule has 1 unspecified atom stereocenters. The average molecular weight is 262 g/mol. The van der Waals surface area contributed by atoms with Gasteiger partial charge in [-0.2, -0.15) is 0 Å². The van der Waals surface area contributed by atoms with Crippen molar-refractivity contribution >= 4 is 11.6 Å². The summed E-state index contributed by atoms with van der Waals surface area (Å²) in [6.07, 6.45) is 4.14. The van der Waals surface area contributed by atoms with E-state index in [-0.39, 0.29) is 11.8 Å². The lowest BCUT2D eigenvalue weighted by atomic mass is 9.98. The summed E-state index contributed by atoms with van der Waals surface area (Å²) in [5.41, 5.74) is 2.06. The summed E-state index contributed by atoms with van der Waals surface area (Å²) >= 11 is 0. The number of hydrogen-bond donors (Lipinski definition) is 2. The molecule has 0 aliphatic heterocycles. The van der Waals surface area contributed by atoms with E-state index in [0.717, 1.165) is 43.5 Å². The van der Waals surface area contributed by atoms with Crippen LogP contribution in [-0.4, -0.2) is 13.0 Å². The number of benzene rings is 1. The first-order chi connectivity index (χ1) is 9.22. The van der Waals surface area contributed by atoms with Gasteiger partial charge in [0.15, 0.2) is 0 Å². The maximum atomic E-state index is 12.3. The Labute approximate surface area is 116 Å². The first-order valence-corrected chi connectivity index (χ1v) is 7.26. The second-order valence-corrected chi connectivity index (χ2v) is 4.92. The molecule has 0 saturated heterocycles. The molecule has 1 aromatic carbocycles. The van der Waals surface area contributed by atoms with E-state index in [1.807, 2.05) is 31.3 Å². The van der Waals surface area contributed by atoms with Crippen LogP contribution in [0.25, 0.3) is 0 Å². The third-order valence-corrected chi connectivity index (χ3v) is 3.41. The molecule has 1 aromatic rings. The van der Waals surface area contributed by atoms with E-state index in [1.54, 1.807) is 0 Å². The van der Waals surface area contributed by atoms with E-state index in [0.29, 0.717) is 0 Å². The average Bonchev–Trinajstić information content (AvgIpc) is 2.42. The van der Waals surface area contributed by atoms with Crippen LogP contribution >= 0.6 is 0 Å². The van der Waals surface area contributed by atoms with Crippen LogP contribution in [0.3, 0.4) is 0 Å². The zero-order chi connectivity index (χ0) is 14.1. The highest BCUT2D eigenvalue weighted by molar-refractivity contribution is 5.93. The van der Waals surface area contributed by atoms with Gasteiger partial charge in [0.05, 0.1) is 0 Å². The highest BCUT2D eigenvalue weighted by Gasteiger charge is 2.16. The van der Waals surface area contributed by atoms with Crippen molar-refractivity contribution in [3.63, 3.8) is 0 Å². The number of carbonyl (C=O) groups excluding carboxylic acids is 1. The third kappa shape index (κ3) is 5.03. The van der Waals surface area contributed by atoms with Crippen molar-refractivity contribution in [2.45, 2.75) is 46.1 Å². The molecule has 19 heavy (non-hydrogen) atoms. The normalized spacial score (nSPS) is 12.2. The van der Waals surface area contributed by atoms with E-state index in [4.69, 9.17) is 0 Å². The van der Waals surface area contributed by atoms with Gasteiger partial charge in [-0.3, -0.25) is 4.79 Å². The molecule has 0 saturated carbocycles. The third-order valence-electron chi connectivity index (χ3n) is 3.41. The molecule has 106 valence electrons. The van der Waals surface area contributed by atoms with Crippen LogP contribution in [0.4, 0.5) is 5.69 Å². The van der Waals surface area contributed by atoms with Crippen molar-refractivity contribution in [3.05, 3.63) is 29.8 Å². The molecule has 0 aromatic heterocycles. The van der Waals surface area contributed by atoms with Crippen LogP contribution in [0.1, 0.15) is 45.1 Å². The van der Waals surface area contributed by atoms with Gasteiger partial charge in [-0.25, -0.2) is 0 Å². The Morgan fingerprint density at radius 2 is 2.00 bits per heavy atom.